The number of hydrogen-bond acceptors (Lipinski definition) is 3. The van der Waals surface area contributed by atoms with Crippen molar-refractivity contribution in [3.05, 3.63) is 16.5 Å². The van der Waals surface area contributed by atoms with Crippen LogP contribution in [0.3, 0.4) is 0 Å². The van der Waals surface area contributed by atoms with E-state index in [2.05, 4.69) is 16.9 Å². The first-order valence-electron chi connectivity index (χ1n) is 5.98. The van der Waals surface area contributed by atoms with Gasteiger partial charge in [-0.2, -0.15) is 4.98 Å². The Bertz CT molecular complexity index is 347. The maximum atomic E-state index is 5.92. The fourth-order valence-corrected chi connectivity index (χ4v) is 1.78. The van der Waals surface area contributed by atoms with E-state index in [0.717, 1.165) is 12.8 Å². The molecular formula is C12H18Cl2N2O. The Morgan fingerprint density at radius 3 is 2.76 bits per heavy atom. The molecule has 0 saturated heterocycles. The minimum Gasteiger partial charge on any atom is -0.473 e. The maximum absolute atomic E-state index is 5.92. The normalized spacial score (nSPS) is 12.5. The van der Waals surface area contributed by atoms with Gasteiger partial charge in [0.05, 0.1) is 12.3 Å². The van der Waals surface area contributed by atoms with Gasteiger partial charge in [0.2, 0.25) is 11.2 Å². The van der Waals surface area contributed by atoms with Crippen LogP contribution in [0.15, 0.2) is 6.20 Å². The van der Waals surface area contributed by atoms with E-state index >= 15 is 0 Å². The second-order valence-corrected chi connectivity index (χ2v) is 4.82. The summed E-state index contributed by atoms with van der Waals surface area (Å²) < 4.78 is 5.64. The number of aromatic nitrogens is 2. The van der Waals surface area contributed by atoms with E-state index in [-0.39, 0.29) is 11.4 Å². The van der Waals surface area contributed by atoms with Crippen LogP contribution in [0.25, 0.3) is 0 Å². The molecule has 0 aliphatic heterocycles. The average Bonchev–Trinajstić information content (AvgIpc) is 2.29. The second kappa shape index (κ2) is 7.72. The van der Waals surface area contributed by atoms with Gasteiger partial charge in [-0.25, -0.2) is 4.98 Å². The van der Waals surface area contributed by atoms with E-state index in [0.29, 0.717) is 10.9 Å². The van der Waals surface area contributed by atoms with Crippen LogP contribution in [0.4, 0.5) is 0 Å². The summed E-state index contributed by atoms with van der Waals surface area (Å²) in [6.07, 6.45) is 7.45. The molecule has 1 aromatic rings. The van der Waals surface area contributed by atoms with Gasteiger partial charge in [-0.15, -0.1) is 0 Å². The molecule has 1 rings (SSSR count). The lowest BCUT2D eigenvalue weighted by Crippen LogP contribution is -2.13. The monoisotopic (exact) mass is 276 g/mol. The lowest BCUT2D eigenvalue weighted by molar-refractivity contribution is 0.198. The van der Waals surface area contributed by atoms with E-state index in [9.17, 15) is 0 Å². The number of unbranched alkanes of at least 4 members (excludes halogenated alkanes) is 3. The van der Waals surface area contributed by atoms with E-state index < -0.39 is 0 Å². The van der Waals surface area contributed by atoms with Gasteiger partial charge in [-0.05, 0) is 31.4 Å². The van der Waals surface area contributed by atoms with E-state index in [1.54, 1.807) is 0 Å². The molecule has 5 heteroatoms. The maximum Gasteiger partial charge on any atom is 0.237 e. The van der Waals surface area contributed by atoms with Gasteiger partial charge in [0.25, 0.3) is 0 Å². The molecule has 1 aromatic heterocycles. The standard InChI is InChI=1S/C12H18Cl2N2O/c1-3-4-5-6-7-9(2)17-11-10(13)8-15-12(14)16-11/h8-9H,3-7H2,1-2H3. The fraction of sp³-hybridized carbons (Fsp3) is 0.667. The van der Waals surface area contributed by atoms with Gasteiger partial charge >= 0.3 is 0 Å². The third-order valence-corrected chi connectivity index (χ3v) is 2.90. The highest BCUT2D eigenvalue weighted by Crippen LogP contribution is 2.23. The van der Waals surface area contributed by atoms with Gasteiger partial charge < -0.3 is 4.74 Å². The van der Waals surface area contributed by atoms with Gasteiger partial charge in [-0.1, -0.05) is 37.8 Å². The Morgan fingerprint density at radius 2 is 2.06 bits per heavy atom. The molecule has 0 N–H and O–H groups in total. The molecule has 0 fully saturated rings. The largest absolute Gasteiger partial charge is 0.473 e. The molecule has 1 unspecified atom stereocenters. The Morgan fingerprint density at radius 1 is 1.29 bits per heavy atom. The zero-order valence-corrected chi connectivity index (χ0v) is 11.8. The van der Waals surface area contributed by atoms with Gasteiger partial charge in [0.15, 0.2) is 0 Å². The quantitative estimate of drug-likeness (QED) is 0.543. The van der Waals surface area contributed by atoms with E-state index in [4.69, 9.17) is 27.9 Å². The minimum absolute atomic E-state index is 0.0929. The summed E-state index contributed by atoms with van der Waals surface area (Å²) >= 11 is 11.6. The summed E-state index contributed by atoms with van der Waals surface area (Å²) in [7, 11) is 0. The Labute approximate surface area is 113 Å². The molecule has 96 valence electrons. The molecule has 0 saturated carbocycles. The third-order valence-electron chi connectivity index (χ3n) is 2.46. The topological polar surface area (TPSA) is 35.0 Å². The van der Waals surface area contributed by atoms with Crippen LogP contribution in [0.5, 0.6) is 5.88 Å². The summed E-state index contributed by atoms with van der Waals surface area (Å²) in [5, 5.41) is 0.553. The molecule has 0 aromatic carbocycles. The molecule has 0 bridgehead atoms. The van der Waals surface area contributed by atoms with Crippen LogP contribution in [0, 0.1) is 0 Å². The molecule has 17 heavy (non-hydrogen) atoms. The lowest BCUT2D eigenvalue weighted by Gasteiger charge is -2.14. The molecule has 1 atom stereocenters. The van der Waals surface area contributed by atoms with Crippen LogP contribution in [0.1, 0.15) is 46.0 Å². The van der Waals surface area contributed by atoms with E-state index in [1.165, 1.54) is 25.5 Å². The molecule has 1 heterocycles. The average molecular weight is 277 g/mol. The van der Waals surface area contributed by atoms with Crippen LogP contribution >= 0.6 is 23.2 Å². The van der Waals surface area contributed by atoms with Crippen molar-refractivity contribution in [1.29, 1.82) is 0 Å². The lowest BCUT2D eigenvalue weighted by atomic mass is 10.1. The highest BCUT2D eigenvalue weighted by molar-refractivity contribution is 6.32. The van der Waals surface area contributed by atoms with Gasteiger partial charge in [-0.3, -0.25) is 0 Å². The van der Waals surface area contributed by atoms with Crippen molar-refractivity contribution in [3.63, 3.8) is 0 Å². The predicted octanol–water partition coefficient (Wildman–Crippen LogP) is 4.52. The molecule has 0 aliphatic rings. The highest BCUT2D eigenvalue weighted by atomic mass is 35.5. The number of hydrogen-bond donors (Lipinski definition) is 0. The summed E-state index contributed by atoms with van der Waals surface area (Å²) in [4.78, 5) is 7.73. The smallest absolute Gasteiger partial charge is 0.237 e. The van der Waals surface area contributed by atoms with Crippen molar-refractivity contribution < 1.29 is 4.74 Å². The van der Waals surface area contributed by atoms with Crippen LogP contribution < -0.4 is 4.74 Å². The molecule has 0 aliphatic carbocycles. The van der Waals surface area contributed by atoms with Crippen LogP contribution in [-0.4, -0.2) is 16.1 Å². The molecule has 3 nitrogen and oxygen atoms in total. The van der Waals surface area contributed by atoms with Crippen molar-refractivity contribution in [2.45, 2.75) is 52.1 Å². The molecule has 0 radical (unpaired) electrons. The van der Waals surface area contributed by atoms with Crippen molar-refractivity contribution in [2.75, 3.05) is 0 Å². The SMILES string of the molecule is CCCCCCC(C)Oc1nc(Cl)ncc1Cl. The van der Waals surface area contributed by atoms with Gasteiger partial charge in [0.1, 0.15) is 5.02 Å². The number of nitrogens with zero attached hydrogens (tertiary/aromatic N) is 2. The Kier molecular flexibility index (Phi) is 6.60. The summed E-state index contributed by atoms with van der Waals surface area (Å²) in [6.45, 7) is 4.21. The summed E-state index contributed by atoms with van der Waals surface area (Å²) in [5.41, 5.74) is 0. The number of ether oxygens (including phenoxy) is 1. The molecule has 0 spiro atoms. The zero-order chi connectivity index (χ0) is 12.7. The number of rotatable bonds is 7. The van der Waals surface area contributed by atoms with Crippen molar-refractivity contribution in [1.82, 2.24) is 9.97 Å². The Hall–Kier alpha value is -0.540. The first kappa shape index (κ1) is 14.5. The van der Waals surface area contributed by atoms with Crippen molar-refractivity contribution in [3.8, 4) is 5.88 Å². The van der Waals surface area contributed by atoms with Crippen LogP contribution in [0.2, 0.25) is 10.3 Å². The summed E-state index contributed by atoms with van der Waals surface area (Å²) in [6, 6.07) is 0. The van der Waals surface area contributed by atoms with Gasteiger partial charge in [0, 0.05) is 0 Å². The predicted molar refractivity (Wildman–Crippen MR) is 70.9 cm³/mol. The summed E-state index contributed by atoms with van der Waals surface area (Å²) in [5.74, 6) is 0.370. The molecular weight excluding hydrogens is 259 g/mol. The van der Waals surface area contributed by atoms with E-state index in [1.807, 2.05) is 6.92 Å². The highest BCUT2D eigenvalue weighted by Gasteiger charge is 2.10. The molecule has 0 amide bonds. The third kappa shape index (κ3) is 5.55. The minimum atomic E-state index is 0.0929. The van der Waals surface area contributed by atoms with Crippen molar-refractivity contribution in [2.24, 2.45) is 0 Å². The first-order valence-corrected chi connectivity index (χ1v) is 6.73. The van der Waals surface area contributed by atoms with Crippen molar-refractivity contribution >= 4 is 23.2 Å². The fourth-order valence-electron chi connectivity index (χ4n) is 1.52. The zero-order valence-electron chi connectivity index (χ0n) is 10.2. The number of halogens is 2. The second-order valence-electron chi connectivity index (χ2n) is 4.07. The Balaban J connectivity index is 2.39. The first-order chi connectivity index (χ1) is 8.13. The van der Waals surface area contributed by atoms with Crippen LogP contribution in [-0.2, 0) is 0 Å².